The van der Waals surface area contributed by atoms with Crippen LogP contribution < -0.4 is 32.6 Å². The van der Waals surface area contributed by atoms with Gasteiger partial charge in [0, 0.05) is 23.5 Å². The van der Waals surface area contributed by atoms with E-state index < -0.39 is 44.4 Å². The molecule has 1 atom stereocenters. The Morgan fingerprint density at radius 3 is 2.36 bits per heavy atom. The summed E-state index contributed by atoms with van der Waals surface area (Å²) < 4.78 is 27.5. The molecule has 0 spiro atoms. The van der Waals surface area contributed by atoms with E-state index in [1.54, 1.807) is 12.1 Å². The fourth-order valence-electron chi connectivity index (χ4n) is 4.04. The van der Waals surface area contributed by atoms with Crippen molar-refractivity contribution in [2.75, 3.05) is 29.1 Å². The number of sulfonamides is 1. The first-order chi connectivity index (χ1) is 20.8. The van der Waals surface area contributed by atoms with Crippen LogP contribution >= 0.6 is 0 Å². The summed E-state index contributed by atoms with van der Waals surface area (Å²) in [4.78, 5) is 51.8. The Balaban J connectivity index is 1.30. The first-order valence-corrected chi connectivity index (χ1v) is 14.4. The highest BCUT2D eigenvalue weighted by Crippen LogP contribution is 2.19. The van der Waals surface area contributed by atoms with E-state index >= 15 is 0 Å². The number of carboxylic acids is 2. The molecule has 0 unspecified atom stereocenters. The lowest BCUT2D eigenvalue weighted by Gasteiger charge is -2.15. The minimum Gasteiger partial charge on any atom is -0.480 e. The van der Waals surface area contributed by atoms with Gasteiger partial charge in [-0.3, -0.25) is 4.79 Å². The van der Waals surface area contributed by atoms with Gasteiger partial charge in [-0.2, -0.15) is 9.97 Å². The number of carbonyl (C=O) groups is 3. The van der Waals surface area contributed by atoms with E-state index in [-0.39, 0.29) is 54.6 Å². The Labute approximate surface area is 250 Å². The van der Waals surface area contributed by atoms with Gasteiger partial charge >= 0.3 is 11.9 Å². The highest BCUT2D eigenvalue weighted by molar-refractivity contribution is 7.89. The molecule has 0 aliphatic heterocycles. The number of amides is 1. The predicted octanol–water partition coefficient (Wildman–Crippen LogP) is 0.418. The number of nitrogens with one attached hydrogen (secondary N) is 3. The summed E-state index contributed by atoms with van der Waals surface area (Å²) in [5, 5.41) is 24.4. The maximum absolute atomic E-state index is 12.7. The van der Waals surface area contributed by atoms with Gasteiger partial charge in [0.25, 0.3) is 5.91 Å². The Hall–Kier alpha value is -5.62. The van der Waals surface area contributed by atoms with Crippen molar-refractivity contribution in [1.82, 2.24) is 30.0 Å². The molecule has 2 aromatic carbocycles. The van der Waals surface area contributed by atoms with Crippen molar-refractivity contribution in [3.8, 4) is 0 Å². The van der Waals surface area contributed by atoms with E-state index in [2.05, 4.69) is 35.3 Å². The van der Waals surface area contributed by atoms with Gasteiger partial charge in [0.15, 0.2) is 17.0 Å². The van der Waals surface area contributed by atoms with Crippen LogP contribution in [0, 0.1) is 0 Å². The number of carboxylic acid groups (broad SMARTS) is 2. The second-order valence-corrected chi connectivity index (χ2v) is 11.1. The van der Waals surface area contributed by atoms with E-state index in [4.69, 9.17) is 17.2 Å². The zero-order chi connectivity index (χ0) is 32.0. The highest BCUT2D eigenvalue weighted by atomic mass is 32.2. The molecule has 230 valence electrons. The van der Waals surface area contributed by atoms with E-state index in [1.807, 2.05) is 0 Å². The molecule has 2 heterocycles. The average Bonchev–Trinajstić information content (AvgIpc) is 2.97. The van der Waals surface area contributed by atoms with Crippen molar-refractivity contribution in [2.24, 2.45) is 0 Å². The average molecular weight is 625 g/mol. The lowest BCUT2D eigenvalue weighted by Crippen LogP contribution is -2.41. The Morgan fingerprint density at radius 1 is 0.955 bits per heavy atom. The molecule has 17 nitrogen and oxygen atoms in total. The summed E-state index contributed by atoms with van der Waals surface area (Å²) in [6, 6.07) is 8.28. The number of nitrogen functional groups attached to an aromatic ring is 3. The van der Waals surface area contributed by atoms with Gasteiger partial charge in [-0.15, -0.1) is 0 Å². The summed E-state index contributed by atoms with van der Waals surface area (Å²) in [7, 11) is -4.23. The first-order valence-electron chi connectivity index (χ1n) is 12.9. The molecule has 18 heteroatoms. The minimum absolute atomic E-state index is 0.00974. The molecule has 4 rings (SSSR count). The molecule has 1 amide bonds. The fraction of sp³-hybridized carbons (Fsp3) is 0.192. The second-order valence-electron chi connectivity index (χ2n) is 9.40. The Kier molecular flexibility index (Phi) is 9.35. The van der Waals surface area contributed by atoms with Crippen LogP contribution in [0.2, 0.25) is 0 Å². The second kappa shape index (κ2) is 13.1. The van der Waals surface area contributed by atoms with Gasteiger partial charge in [0.05, 0.1) is 28.9 Å². The number of fused-ring (bicyclic) bond motifs is 1. The molecule has 0 bridgehead atoms. The van der Waals surface area contributed by atoms with Crippen molar-refractivity contribution in [3.63, 3.8) is 0 Å². The molecule has 0 fully saturated rings. The number of nitrogens with zero attached hydrogens (tertiary/aromatic N) is 4. The Morgan fingerprint density at radius 2 is 1.68 bits per heavy atom. The number of hydrogen-bond acceptors (Lipinski definition) is 13. The molecular weight excluding hydrogens is 596 g/mol. The number of aromatic nitrogens is 4. The van der Waals surface area contributed by atoms with Crippen LogP contribution in [0.1, 0.15) is 39.3 Å². The van der Waals surface area contributed by atoms with Crippen LogP contribution in [0.5, 0.6) is 0 Å². The molecule has 2 aromatic heterocycles. The lowest BCUT2D eigenvalue weighted by molar-refractivity contribution is -0.139. The van der Waals surface area contributed by atoms with Crippen LogP contribution in [0.25, 0.3) is 11.2 Å². The van der Waals surface area contributed by atoms with Crippen LogP contribution in [0.15, 0.2) is 53.6 Å². The summed E-state index contributed by atoms with van der Waals surface area (Å²) in [6.45, 7) is 0.0557. The molecule has 11 N–H and O–H groups in total. The first kappa shape index (κ1) is 31.3. The van der Waals surface area contributed by atoms with Crippen molar-refractivity contribution < 1.29 is 33.0 Å². The summed E-state index contributed by atoms with van der Waals surface area (Å²) in [5.41, 5.74) is 18.5. The molecule has 4 aromatic rings. The third-order valence-electron chi connectivity index (χ3n) is 6.21. The normalized spacial score (nSPS) is 12.0. The number of benzene rings is 2. The van der Waals surface area contributed by atoms with Crippen LogP contribution in [-0.2, 0) is 21.4 Å². The van der Waals surface area contributed by atoms with Gasteiger partial charge in [-0.05, 0) is 55.3 Å². The van der Waals surface area contributed by atoms with E-state index in [0.29, 0.717) is 16.9 Å². The van der Waals surface area contributed by atoms with E-state index in [1.165, 1.54) is 24.4 Å². The molecule has 0 saturated carbocycles. The molecule has 0 aliphatic carbocycles. The predicted molar refractivity (Wildman–Crippen MR) is 159 cm³/mol. The number of anilines is 4. The third kappa shape index (κ3) is 7.61. The molecule has 0 saturated heterocycles. The maximum atomic E-state index is 12.7. The van der Waals surface area contributed by atoms with E-state index in [0.717, 1.165) is 12.1 Å². The fourth-order valence-corrected chi connectivity index (χ4v) is 5.29. The van der Waals surface area contributed by atoms with Crippen molar-refractivity contribution in [2.45, 2.75) is 30.3 Å². The number of hydrogen-bond donors (Lipinski definition) is 8. The minimum atomic E-state index is -4.23. The van der Waals surface area contributed by atoms with Crippen molar-refractivity contribution >= 4 is 62.2 Å². The number of rotatable bonds is 13. The molecule has 0 radical (unpaired) electrons. The summed E-state index contributed by atoms with van der Waals surface area (Å²) >= 11 is 0. The third-order valence-corrected chi connectivity index (χ3v) is 7.73. The van der Waals surface area contributed by atoms with Gasteiger partial charge < -0.3 is 38.0 Å². The Bertz CT molecular complexity index is 1840. The smallest absolute Gasteiger partial charge is 0.337 e. The molecular formula is C26H28N10O7S. The zero-order valence-corrected chi connectivity index (χ0v) is 23.7. The highest BCUT2D eigenvalue weighted by Gasteiger charge is 2.24. The summed E-state index contributed by atoms with van der Waals surface area (Å²) in [6.07, 6.45) is 1.43. The molecule has 44 heavy (non-hydrogen) atoms. The number of carbonyl (C=O) groups excluding carboxylic acids is 1. The van der Waals surface area contributed by atoms with Gasteiger partial charge in [0.1, 0.15) is 6.04 Å². The van der Waals surface area contributed by atoms with Gasteiger partial charge in [-0.25, -0.2) is 32.7 Å². The van der Waals surface area contributed by atoms with Gasteiger partial charge in [0.2, 0.25) is 16.0 Å². The zero-order valence-electron chi connectivity index (χ0n) is 22.9. The van der Waals surface area contributed by atoms with Crippen molar-refractivity contribution in [1.29, 1.82) is 0 Å². The lowest BCUT2D eigenvalue weighted by atomic mass is 10.1. The van der Waals surface area contributed by atoms with Gasteiger partial charge in [-0.1, -0.05) is 0 Å². The van der Waals surface area contributed by atoms with Crippen LogP contribution in [-0.4, -0.2) is 69.0 Å². The van der Waals surface area contributed by atoms with Crippen molar-refractivity contribution in [3.05, 3.63) is 65.5 Å². The van der Waals surface area contributed by atoms with E-state index in [9.17, 15) is 33.0 Å². The maximum Gasteiger partial charge on any atom is 0.337 e. The summed E-state index contributed by atoms with van der Waals surface area (Å²) in [5.74, 6) is -3.33. The van der Waals surface area contributed by atoms with Crippen LogP contribution in [0.4, 0.5) is 23.1 Å². The number of nitrogens with two attached hydrogens (primary N) is 3. The molecule has 0 aliphatic rings. The quantitative estimate of drug-likeness (QED) is 0.0738. The number of aromatic carboxylic acids is 1. The topological polar surface area (TPSA) is 292 Å². The number of aliphatic carboxylic acids is 1. The standard InChI is InChI=1S/C26H28N10O7S/c27-14-5-8-19(17(10-14)24(38)39)44(42,43)32-9-1-2-18(25(40)41)34-23(37)13-3-6-15(7-4-13)30-11-16-12-31-22-20(33-16)21(28)35-26(29)36-22/h3-8,10,12,18,30,32H,1-2,9,11,27H2,(H,34,37)(H,38,39)(H,40,41)(H4,28,29,31,35,36)/t18-/m0/s1. The van der Waals surface area contributed by atoms with Crippen LogP contribution in [0.3, 0.4) is 0 Å². The SMILES string of the molecule is Nc1ccc(S(=O)(=O)NCCC[C@H](NC(=O)c2ccc(NCc3cnc4nc(N)nc(N)c4n3)cc2)C(=O)O)c(C(=O)O)c1. The monoisotopic (exact) mass is 624 g/mol. The largest absolute Gasteiger partial charge is 0.480 e.